The molecule has 0 aromatic heterocycles. The van der Waals surface area contributed by atoms with Gasteiger partial charge in [-0.15, -0.1) is 0 Å². The minimum Gasteiger partial charge on any atom is -0.493 e. The highest BCUT2D eigenvalue weighted by Gasteiger charge is 2.20. The third-order valence-corrected chi connectivity index (χ3v) is 3.19. The van der Waals surface area contributed by atoms with Crippen LogP contribution in [0.15, 0.2) is 12.1 Å². The van der Waals surface area contributed by atoms with Gasteiger partial charge in [0.2, 0.25) is 0 Å². The van der Waals surface area contributed by atoms with Crippen LogP contribution in [0.5, 0.6) is 5.75 Å². The normalized spacial score (nSPS) is 15.1. The van der Waals surface area contributed by atoms with Crippen LogP contribution in [-0.4, -0.2) is 12.4 Å². The lowest BCUT2D eigenvalue weighted by molar-refractivity contribution is 0.0935. The van der Waals surface area contributed by atoms with E-state index in [0.29, 0.717) is 0 Å². The Morgan fingerprint density at radius 1 is 1.29 bits per heavy atom. The molecule has 0 saturated carbocycles. The summed E-state index contributed by atoms with van der Waals surface area (Å²) in [7, 11) is 0. The summed E-state index contributed by atoms with van der Waals surface area (Å²) < 4.78 is 5.79. The van der Waals surface area contributed by atoms with Gasteiger partial charge in [0.15, 0.2) is 5.78 Å². The van der Waals surface area contributed by atoms with Gasteiger partial charge in [-0.05, 0) is 43.4 Å². The van der Waals surface area contributed by atoms with Crippen molar-refractivity contribution in [3.8, 4) is 5.75 Å². The fourth-order valence-corrected chi connectivity index (χ4v) is 2.29. The highest BCUT2D eigenvalue weighted by Crippen LogP contribution is 2.31. The molecule has 2 heteroatoms. The first-order valence-corrected chi connectivity index (χ1v) is 6.40. The predicted octanol–water partition coefficient (Wildman–Crippen LogP) is 3.55. The number of ether oxygens (including phenoxy) is 1. The number of carbonyl (C=O) groups is 1. The third kappa shape index (κ3) is 2.51. The lowest BCUT2D eigenvalue weighted by atomic mass is 9.94. The summed E-state index contributed by atoms with van der Waals surface area (Å²) in [6.45, 7) is 6.65. The van der Waals surface area contributed by atoms with Crippen molar-refractivity contribution in [2.75, 3.05) is 6.61 Å². The number of aryl methyl sites for hydroxylation is 2. The van der Waals surface area contributed by atoms with E-state index in [2.05, 4.69) is 6.07 Å². The minimum absolute atomic E-state index is 0.0211. The molecule has 2 rings (SSSR count). The Hall–Kier alpha value is -1.31. The van der Waals surface area contributed by atoms with E-state index in [1.54, 1.807) is 0 Å². The molecule has 1 aliphatic rings. The Morgan fingerprint density at radius 2 is 2.06 bits per heavy atom. The van der Waals surface area contributed by atoms with Crippen LogP contribution in [0.3, 0.4) is 0 Å². The summed E-state index contributed by atoms with van der Waals surface area (Å²) in [5, 5.41) is 0. The van der Waals surface area contributed by atoms with E-state index < -0.39 is 0 Å². The van der Waals surface area contributed by atoms with Gasteiger partial charge in [-0.25, -0.2) is 0 Å². The molecular formula is C15H20O2. The van der Waals surface area contributed by atoms with Gasteiger partial charge in [0.05, 0.1) is 12.2 Å². The highest BCUT2D eigenvalue weighted by atomic mass is 16.5. The van der Waals surface area contributed by atoms with E-state index in [0.717, 1.165) is 42.7 Å². The fourth-order valence-electron chi connectivity index (χ4n) is 2.29. The van der Waals surface area contributed by atoms with Crippen LogP contribution < -0.4 is 4.74 Å². The second-order valence-corrected chi connectivity index (χ2v) is 5.13. The van der Waals surface area contributed by atoms with Gasteiger partial charge < -0.3 is 4.74 Å². The summed E-state index contributed by atoms with van der Waals surface area (Å²) in [5.74, 6) is 1.05. The number of Topliss-reactive ketones (excluding diaryl/α,β-unsaturated/α-hetero) is 1. The number of fused-ring (bicyclic) bond motifs is 1. The first-order valence-electron chi connectivity index (χ1n) is 6.40. The van der Waals surface area contributed by atoms with Gasteiger partial charge in [-0.2, -0.15) is 0 Å². The zero-order valence-electron chi connectivity index (χ0n) is 10.9. The maximum Gasteiger partial charge on any atom is 0.169 e. The minimum atomic E-state index is 0.0211. The first-order chi connectivity index (χ1) is 8.09. The molecule has 0 bridgehead atoms. The zero-order chi connectivity index (χ0) is 12.4. The molecule has 0 radical (unpaired) electrons. The third-order valence-electron chi connectivity index (χ3n) is 3.19. The van der Waals surface area contributed by atoms with E-state index in [-0.39, 0.29) is 11.7 Å². The molecule has 0 saturated heterocycles. The quantitative estimate of drug-likeness (QED) is 0.729. The number of rotatable bonds is 2. The first kappa shape index (κ1) is 12.2. The van der Waals surface area contributed by atoms with Gasteiger partial charge in [0.25, 0.3) is 0 Å². The van der Waals surface area contributed by atoms with Gasteiger partial charge >= 0.3 is 0 Å². The van der Waals surface area contributed by atoms with Crippen LogP contribution in [-0.2, 0) is 6.42 Å². The van der Waals surface area contributed by atoms with Crippen molar-refractivity contribution >= 4 is 5.78 Å². The molecule has 1 aromatic carbocycles. The molecule has 0 atom stereocenters. The Kier molecular flexibility index (Phi) is 3.51. The molecule has 0 fully saturated rings. The molecule has 1 aromatic rings. The Balaban J connectivity index is 2.50. The van der Waals surface area contributed by atoms with Crippen molar-refractivity contribution in [3.63, 3.8) is 0 Å². The maximum atomic E-state index is 12.2. The Morgan fingerprint density at radius 3 is 2.76 bits per heavy atom. The standard InChI is InChI=1S/C15H20O2/c1-10(2)14(16)13-9-11(3)8-12-6-4-5-7-17-15(12)13/h8-10H,4-7H2,1-3H3. The largest absolute Gasteiger partial charge is 0.493 e. The van der Waals surface area contributed by atoms with Crippen LogP contribution in [0, 0.1) is 12.8 Å². The van der Waals surface area contributed by atoms with Gasteiger partial charge in [-0.3, -0.25) is 4.79 Å². The lowest BCUT2D eigenvalue weighted by Crippen LogP contribution is -2.11. The molecule has 1 heterocycles. The second-order valence-electron chi connectivity index (χ2n) is 5.13. The molecule has 0 unspecified atom stereocenters. The second kappa shape index (κ2) is 4.91. The number of benzene rings is 1. The van der Waals surface area contributed by atoms with E-state index >= 15 is 0 Å². The molecule has 0 amide bonds. The van der Waals surface area contributed by atoms with Crippen LogP contribution in [0.1, 0.15) is 48.2 Å². The molecule has 1 aliphatic heterocycles. The average Bonchev–Trinajstić information content (AvgIpc) is 2.51. The average molecular weight is 232 g/mol. The predicted molar refractivity (Wildman–Crippen MR) is 68.8 cm³/mol. The number of ketones is 1. The van der Waals surface area contributed by atoms with E-state index in [9.17, 15) is 4.79 Å². The fraction of sp³-hybridized carbons (Fsp3) is 0.533. The topological polar surface area (TPSA) is 26.3 Å². The number of hydrogen-bond acceptors (Lipinski definition) is 2. The maximum absolute atomic E-state index is 12.2. The summed E-state index contributed by atoms with van der Waals surface area (Å²) in [5.41, 5.74) is 3.13. The van der Waals surface area contributed by atoms with Crippen molar-refractivity contribution in [2.24, 2.45) is 5.92 Å². The smallest absolute Gasteiger partial charge is 0.169 e. The van der Waals surface area contributed by atoms with Crippen LogP contribution in [0.4, 0.5) is 0 Å². The Bertz CT molecular complexity index is 433. The molecular weight excluding hydrogens is 212 g/mol. The van der Waals surface area contributed by atoms with E-state index in [4.69, 9.17) is 4.74 Å². The molecule has 0 N–H and O–H groups in total. The van der Waals surface area contributed by atoms with Crippen LogP contribution in [0.25, 0.3) is 0 Å². The summed E-state index contributed by atoms with van der Waals surface area (Å²) >= 11 is 0. The van der Waals surface area contributed by atoms with Gasteiger partial charge in [0, 0.05) is 5.92 Å². The molecule has 92 valence electrons. The van der Waals surface area contributed by atoms with Crippen LogP contribution in [0.2, 0.25) is 0 Å². The summed E-state index contributed by atoms with van der Waals surface area (Å²) in [6, 6.07) is 4.12. The lowest BCUT2D eigenvalue weighted by Gasteiger charge is -2.15. The SMILES string of the molecule is Cc1cc2c(c(C(=O)C(C)C)c1)OCCCC2. The summed E-state index contributed by atoms with van der Waals surface area (Å²) in [4.78, 5) is 12.2. The van der Waals surface area contributed by atoms with Crippen molar-refractivity contribution in [3.05, 3.63) is 28.8 Å². The zero-order valence-corrected chi connectivity index (χ0v) is 10.9. The van der Waals surface area contributed by atoms with Gasteiger partial charge in [0.1, 0.15) is 5.75 Å². The van der Waals surface area contributed by atoms with Crippen molar-refractivity contribution in [1.29, 1.82) is 0 Å². The molecule has 0 aliphatic carbocycles. The molecule has 17 heavy (non-hydrogen) atoms. The highest BCUT2D eigenvalue weighted by molar-refractivity contribution is 6.00. The van der Waals surface area contributed by atoms with Crippen molar-refractivity contribution in [2.45, 2.75) is 40.0 Å². The van der Waals surface area contributed by atoms with E-state index in [1.807, 2.05) is 26.8 Å². The number of hydrogen-bond donors (Lipinski definition) is 0. The van der Waals surface area contributed by atoms with E-state index in [1.165, 1.54) is 5.56 Å². The van der Waals surface area contributed by atoms with Crippen LogP contribution >= 0.6 is 0 Å². The number of carbonyl (C=O) groups excluding carboxylic acids is 1. The monoisotopic (exact) mass is 232 g/mol. The molecule has 0 spiro atoms. The summed E-state index contributed by atoms with van der Waals surface area (Å²) in [6.07, 6.45) is 3.24. The van der Waals surface area contributed by atoms with Crippen molar-refractivity contribution in [1.82, 2.24) is 0 Å². The van der Waals surface area contributed by atoms with Gasteiger partial charge in [-0.1, -0.05) is 19.9 Å². The molecule has 2 nitrogen and oxygen atoms in total. The Labute approximate surface area is 103 Å². The van der Waals surface area contributed by atoms with Crippen molar-refractivity contribution < 1.29 is 9.53 Å².